The van der Waals surface area contributed by atoms with Crippen LogP contribution in [-0.4, -0.2) is 71.9 Å². The van der Waals surface area contributed by atoms with Crippen LogP contribution in [0, 0.1) is 6.92 Å². The van der Waals surface area contributed by atoms with Crippen molar-refractivity contribution in [1.82, 2.24) is 24.7 Å². The van der Waals surface area contributed by atoms with E-state index in [1.807, 2.05) is 20.8 Å². The van der Waals surface area contributed by atoms with Gasteiger partial charge >= 0.3 is 0 Å². The summed E-state index contributed by atoms with van der Waals surface area (Å²) in [6.45, 7) is 8.22. The molecule has 0 N–H and O–H groups in total. The molecular weight excluding hydrogens is 510 g/mol. The van der Waals surface area contributed by atoms with Gasteiger partial charge in [0.15, 0.2) is 15.7 Å². The van der Waals surface area contributed by atoms with E-state index in [1.54, 1.807) is 56.3 Å². The zero-order chi connectivity index (χ0) is 27.4. The summed E-state index contributed by atoms with van der Waals surface area (Å²) in [5, 5.41) is 7.85. The first-order valence-electron chi connectivity index (χ1n) is 12.5. The minimum absolute atomic E-state index is 0.0501. The minimum atomic E-state index is -3.83. The second-order valence-electron chi connectivity index (χ2n) is 9.58. The van der Waals surface area contributed by atoms with Gasteiger partial charge in [-0.1, -0.05) is 6.07 Å². The molecule has 206 valence electrons. The molecule has 11 nitrogen and oxygen atoms in total. The highest BCUT2D eigenvalue weighted by atomic mass is 32.2. The number of aryl methyl sites for hydroxylation is 1. The molecule has 3 heterocycles. The number of nitrogens with zero attached hydrogens (tertiary/aromatic N) is 5. The van der Waals surface area contributed by atoms with E-state index in [0.717, 1.165) is 12.1 Å². The molecule has 1 aliphatic heterocycles. The van der Waals surface area contributed by atoms with E-state index in [9.17, 15) is 8.42 Å². The van der Waals surface area contributed by atoms with Crippen LogP contribution in [0.3, 0.4) is 0 Å². The number of ether oxygens (including phenoxy) is 4. The number of hydrogen-bond donors (Lipinski definition) is 0. The maximum atomic E-state index is 13.9. The minimum Gasteiger partial charge on any atom is -0.494 e. The Morgan fingerprint density at radius 3 is 2.34 bits per heavy atom. The lowest BCUT2D eigenvalue weighted by Crippen LogP contribution is -2.31. The fourth-order valence-electron chi connectivity index (χ4n) is 4.49. The van der Waals surface area contributed by atoms with E-state index >= 15 is 0 Å². The highest BCUT2D eigenvalue weighted by molar-refractivity contribution is 7.91. The van der Waals surface area contributed by atoms with Crippen LogP contribution in [0.5, 0.6) is 11.5 Å². The zero-order valence-corrected chi connectivity index (χ0v) is 23.4. The molecule has 1 aromatic carbocycles. The van der Waals surface area contributed by atoms with Gasteiger partial charge in [-0.15, -0.1) is 10.2 Å². The molecule has 0 saturated carbocycles. The van der Waals surface area contributed by atoms with Crippen molar-refractivity contribution >= 4 is 9.84 Å². The fourth-order valence-corrected chi connectivity index (χ4v) is 5.88. The number of benzene rings is 1. The lowest BCUT2D eigenvalue weighted by Gasteiger charge is -2.26. The van der Waals surface area contributed by atoms with Crippen LogP contribution >= 0.6 is 0 Å². The van der Waals surface area contributed by atoms with Crippen molar-refractivity contribution in [2.75, 3.05) is 27.4 Å². The second kappa shape index (κ2) is 11.7. The van der Waals surface area contributed by atoms with Crippen LogP contribution in [0.2, 0.25) is 0 Å². The standard InChI is InChI=1S/C26H35N5O6S/c1-16(2)37-25(20-13-27-17(3)12-28-20)18(4)38(32,33)15-23-29-30-26(19-10-11-36-14-19)31(23)24-21(34-5)8-7-9-22(24)35-6/h7-9,12-13,16,18-19,25H,10-11,14-15H2,1-6H3/t18-,19-,25+/m1/s1. The largest absolute Gasteiger partial charge is 0.494 e. The first-order chi connectivity index (χ1) is 18.2. The molecular formula is C26H35N5O6S. The van der Waals surface area contributed by atoms with Gasteiger partial charge in [-0.3, -0.25) is 14.5 Å². The monoisotopic (exact) mass is 545 g/mol. The molecule has 38 heavy (non-hydrogen) atoms. The van der Waals surface area contributed by atoms with E-state index in [1.165, 1.54) is 0 Å². The van der Waals surface area contributed by atoms with Gasteiger partial charge in [-0.25, -0.2) is 8.42 Å². The van der Waals surface area contributed by atoms with E-state index in [0.29, 0.717) is 41.9 Å². The van der Waals surface area contributed by atoms with Crippen molar-refractivity contribution in [3.8, 4) is 17.2 Å². The molecule has 3 atom stereocenters. The molecule has 3 aromatic rings. The number of sulfone groups is 1. The Hall–Kier alpha value is -3.09. The van der Waals surface area contributed by atoms with E-state index < -0.39 is 21.2 Å². The average Bonchev–Trinajstić information content (AvgIpc) is 3.56. The lowest BCUT2D eigenvalue weighted by atomic mass is 10.1. The Morgan fingerprint density at radius 2 is 1.79 bits per heavy atom. The smallest absolute Gasteiger partial charge is 0.163 e. The van der Waals surface area contributed by atoms with Gasteiger partial charge in [0.2, 0.25) is 0 Å². The van der Waals surface area contributed by atoms with Crippen molar-refractivity contribution in [3.05, 3.63) is 53.6 Å². The molecule has 2 aromatic heterocycles. The molecule has 4 rings (SSSR count). The van der Waals surface area contributed by atoms with E-state index in [2.05, 4.69) is 20.2 Å². The average molecular weight is 546 g/mol. The van der Waals surface area contributed by atoms with Crippen LogP contribution in [0.1, 0.15) is 62.3 Å². The number of hydrogen-bond acceptors (Lipinski definition) is 10. The SMILES string of the molecule is COc1cccc(OC)c1-n1c(CS(=O)(=O)[C@H](C)[C@H](OC(C)C)c2cnc(C)cn2)nnc1[C@@H]1CCOC1. The molecule has 0 radical (unpaired) electrons. The normalized spacial score (nSPS) is 17.5. The summed E-state index contributed by atoms with van der Waals surface area (Å²) in [6, 6.07) is 5.38. The number of aromatic nitrogens is 5. The van der Waals surface area contributed by atoms with E-state index in [4.69, 9.17) is 18.9 Å². The van der Waals surface area contributed by atoms with Gasteiger partial charge in [0.05, 0.1) is 49.8 Å². The molecule has 1 aliphatic rings. The summed E-state index contributed by atoms with van der Waals surface area (Å²) >= 11 is 0. The van der Waals surface area contributed by atoms with Crippen LogP contribution in [0.15, 0.2) is 30.6 Å². The van der Waals surface area contributed by atoms with Crippen molar-refractivity contribution in [2.45, 2.75) is 63.2 Å². The third-order valence-corrected chi connectivity index (χ3v) is 8.55. The molecule has 1 fully saturated rings. The molecule has 0 unspecified atom stereocenters. The molecule has 12 heteroatoms. The second-order valence-corrected chi connectivity index (χ2v) is 11.9. The molecule has 0 amide bonds. The quantitative estimate of drug-likeness (QED) is 0.354. The molecule has 0 spiro atoms. The predicted octanol–water partition coefficient (Wildman–Crippen LogP) is 3.36. The van der Waals surface area contributed by atoms with E-state index in [-0.39, 0.29) is 23.6 Å². The zero-order valence-electron chi connectivity index (χ0n) is 22.6. The van der Waals surface area contributed by atoms with Crippen LogP contribution in [-0.2, 0) is 25.1 Å². The number of rotatable bonds is 11. The van der Waals surface area contributed by atoms with Gasteiger partial charge in [0.25, 0.3) is 0 Å². The summed E-state index contributed by atoms with van der Waals surface area (Å²) in [5.41, 5.74) is 1.73. The van der Waals surface area contributed by atoms with Crippen molar-refractivity contribution < 1.29 is 27.4 Å². The third-order valence-electron chi connectivity index (χ3n) is 6.51. The highest BCUT2D eigenvalue weighted by Gasteiger charge is 2.36. The first-order valence-corrected chi connectivity index (χ1v) is 14.3. The summed E-state index contributed by atoms with van der Waals surface area (Å²) in [7, 11) is -0.722. The topological polar surface area (TPSA) is 128 Å². The summed E-state index contributed by atoms with van der Waals surface area (Å²) in [6.07, 6.45) is 2.87. The summed E-state index contributed by atoms with van der Waals surface area (Å²) in [5.74, 6) is 1.43. The predicted molar refractivity (Wildman–Crippen MR) is 140 cm³/mol. The molecule has 0 bridgehead atoms. The number of methoxy groups -OCH3 is 2. The first kappa shape index (κ1) is 27.9. The fraction of sp³-hybridized carbons (Fsp3) is 0.538. The van der Waals surface area contributed by atoms with Gasteiger partial charge in [-0.05, 0) is 46.2 Å². The lowest BCUT2D eigenvalue weighted by molar-refractivity contribution is 0.00382. The van der Waals surface area contributed by atoms with Gasteiger partial charge in [0, 0.05) is 18.7 Å². The van der Waals surface area contributed by atoms with Crippen molar-refractivity contribution in [2.24, 2.45) is 0 Å². The van der Waals surface area contributed by atoms with Crippen LogP contribution < -0.4 is 9.47 Å². The summed E-state index contributed by atoms with van der Waals surface area (Å²) in [4.78, 5) is 8.70. The highest BCUT2D eigenvalue weighted by Crippen LogP contribution is 2.37. The Morgan fingerprint density at radius 1 is 1.08 bits per heavy atom. The Bertz CT molecular complexity index is 1310. The van der Waals surface area contributed by atoms with Gasteiger partial charge in [0.1, 0.15) is 34.9 Å². The van der Waals surface area contributed by atoms with Crippen molar-refractivity contribution in [3.63, 3.8) is 0 Å². The Labute approximate surface area is 223 Å². The summed E-state index contributed by atoms with van der Waals surface area (Å²) < 4.78 is 52.5. The maximum Gasteiger partial charge on any atom is 0.163 e. The third kappa shape index (κ3) is 5.82. The molecule has 1 saturated heterocycles. The molecule has 0 aliphatic carbocycles. The van der Waals surface area contributed by atoms with Gasteiger partial charge < -0.3 is 18.9 Å². The maximum absolute atomic E-state index is 13.9. The van der Waals surface area contributed by atoms with Crippen LogP contribution in [0.4, 0.5) is 0 Å². The van der Waals surface area contributed by atoms with Crippen molar-refractivity contribution in [1.29, 1.82) is 0 Å². The number of para-hydroxylation sites is 1. The van der Waals surface area contributed by atoms with Crippen LogP contribution in [0.25, 0.3) is 5.69 Å². The Balaban J connectivity index is 1.78. The Kier molecular flexibility index (Phi) is 8.64. The van der Waals surface area contributed by atoms with Gasteiger partial charge in [-0.2, -0.15) is 0 Å².